The minimum atomic E-state index is -4.59. The van der Waals surface area contributed by atoms with E-state index in [1.54, 1.807) is 0 Å². The summed E-state index contributed by atoms with van der Waals surface area (Å²) in [7, 11) is 0. The summed E-state index contributed by atoms with van der Waals surface area (Å²) in [6.07, 6.45) is 8.58. The molecule has 1 amide bonds. The van der Waals surface area contributed by atoms with E-state index in [2.05, 4.69) is 22.3 Å². The molecule has 0 bridgehead atoms. The molecule has 2 fully saturated rings. The zero-order chi connectivity index (χ0) is 25.8. The number of halogens is 3. The molecule has 1 saturated carbocycles. The SMILES string of the molecule is C#C[C@H]1CC[C@@H](C#N)N1C(=O)CNC1(Oc2ccc(-c3ccncc3)c(C(F)(F)F)c2)CCCCC1. The van der Waals surface area contributed by atoms with Gasteiger partial charge in [0.25, 0.3) is 0 Å². The van der Waals surface area contributed by atoms with Crippen LogP contribution in [0.5, 0.6) is 5.75 Å². The third kappa shape index (κ3) is 5.47. The predicted octanol–water partition coefficient (Wildman–Crippen LogP) is 4.91. The number of nitriles is 1. The molecule has 1 aromatic carbocycles. The molecule has 2 atom stereocenters. The van der Waals surface area contributed by atoms with Gasteiger partial charge in [-0.05, 0) is 61.1 Å². The zero-order valence-corrected chi connectivity index (χ0v) is 19.7. The van der Waals surface area contributed by atoms with Crippen molar-refractivity contribution >= 4 is 5.91 Å². The van der Waals surface area contributed by atoms with E-state index in [9.17, 15) is 23.2 Å². The fourth-order valence-corrected chi connectivity index (χ4v) is 5.05. The number of terminal acetylenes is 1. The second-order valence-corrected chi connectivity index (χ2v) is 9.16. The molecule has 1 N–H and O–H groups in total. The van der Waals surface area contributed by atoms with Crippen LogP contribution in [0.1, 0.15) is 50.5 Å². The average molecular weight is 497 g/mol. The molecule has 2 aliphatic rings. The number of alkyl halides is 3. The van der Waals surface area contributed by atoms with E-state index in [1.165, 1.54) is 41.6 Å². The highest BCUT2D eigenvalue weighted by Gasteiger charge is 2.40. The van der Waals surface area contributed by atoms with Crippen molar-refractivity contribution in [1.82, 2.24) is 15.2 Å². The normalized spacial score (nSPS) is 21.4. The van der Waals surface area contributed by atoms with E-state index in [-0.39, 0.29) is 23.8 Å². The third-order valence-electron chi connectivity index (χ3n) is 6.84. The van der Waals surface area contributed by atoms with Crippen LogP contribution in [-0.2, 0) is 11.0 Å². The molecular weight excluding hydrogens is 469 g/mol. The molecule has 9 heteroatoms. The first kappa shape index (κ1) is 25.5. The van der Waals surface area contributed by atoms with Crippen LogP contribution in [0.2, 0.25) is 0 Å². The first-order valence-corrected chi connectivity index (χ1v) is 12.0. The van der Waals surface area contributed by atoms with Gasteiger partial charge < -0.3 is 9.64 Å². The number of nitrogens with zero attached hydrogens (tertiary/aromatic N) is 3. The van der Waals surface area contributed by atoms with E-state index in [1.807, 2.05) is 0 Å². The topological polar surface area (TPSA) is 78.2 Å². The second kappa shape index (κ2) is 10.6. The lowest BCUT2D eigenvalue weighted by Gasteiger charge is -2.39. The summed E-state index contributed by atoms with van der Waals surface area (Å²) in [6.45, 7) is -0.127. The van der Waals surface area contributed by atoms with Gasteiger partial charge >= 0.3 is 6.18 Å². The highest BCUT2D eigenvalue weighted by Crippen LogP contribution is 2.40. The largest absolute Gasteiger partial charge is 0.473 e. The van der Waals surface area contributed by atoms with Crippen molar-refractivity contribution in [1.29, 1.82) is 5.26 Å². The Balaban J connectivity index is 1.57. The van der Waals surface area contributed by atoms with Gasteiger partial charge in [0.15, 0.2) is 5.72 Å². The number of pyridine rings is 1. The first-order valence-electron chi connectivity index (χ1n) is 12.0. The van der Waals surface area contributed by atoms with Crippen molar-refractivity contribution in [2.75, 3.05) is 6.54 Å². The summed E-state index contributed by atoms with van der Waals surface area (Å²) in [6, 6.07) is 8.08. The lowest BCUT2D eigenvalue weighted by Crippen LogP contribution is -2.56. The summed E-state index contributed by atoms with van der Waals surface area (Å²) in [5.41, 5.74) is -1.36. The first-order chi connectivity index (χ1) is 17.3. The van der Waals surface area contributed by atoms with E-state index >= 15 is 0 Å². The van der Waals surface area contributed by atoms with Crippen molar-refractivity contribution in [2.45, 2.75) is 68.9 Å². The molecular formula is C27H27F3N4O2. The molecule has 4 rings (SSSR count). The minimum absolute atomic E-state index is 0.0370. The number of likely N-dealkylation sites (tertiary alicyclic amines) is 1. The Morgan fingerprint density at radius 2 is 1.86 bits per heavy atom. The Morgan fingerprint density at radius 1 is 1.17 bits per heavy atom. The maximum Gasteiger partial charge on any atom is 0.417 e. The van der Waals surface area contributed by atoms with Crippen LogP contribution in [0.3, 0.4) is 0 Å². The Kier molecular flexibility index (Phi) is 7.51. The van der Waals surface area contributed by atoms with Crippen LogP contribution in [-0.4, -0.2) is 40.1 Å². The summed E-state index contributed by atoms with van der Waals surface area (Å²) in [5.74, 6) is 2.32. The molecule has 2 heterocycles. The highest BCUT2D eigenvalue weighted by atomic mass is 19.4. The summed E-state index contributed by atoms with van der Waals surface area (Å²) < 4.78 is 48.1. The molecule has 6 nitrogen and oxygen atoms in total. The number of carbonyl (C=O) groups is 1. The standard InChI is InChI=1S/C27H27F3N4O2/c1-2-20-6-7-21(17-31)34(20)25(35)18-33-26(12-4-3-5-13-26)36-22-8-9-23(19-10-14-32-15-11-19)24(16-22)27(28,29)30/h1,8-11,14-16,20-21,33H,3-7,12-13,18H2/t20-,21-/m0/s1. The Bertz CT molecular complexity index is 1140. The maximum absolute atomic E-state index is 14.0. The number of amides is 1. The number of benzene rings is 1. The lowest BCUT2D eigenvalue weighted by molar-refractivity contribution is -0.137. The van der Waals surface area contributed by atoms with Crippen LogP contribution in [0.25, 0.3) is 11.1 Å². The average Bonchev–Trinajstić information content (AvgIpc) is 3.31. The summed E-state index contributed by atoms with van der Waals surface area (Å²) in [4.78, 5) is 18.3. The molecule has 1 saturated heterocycles. The predicted molar refractivity (Wildman–Crippen MR) is 127 cm³/mol. The van der Waals surface area contributed by atoms with Gasteiger partial charge in [0.05, 0.1) is 24.2 Å². The molecule has 0 spiro atoms. The molecule has 36 heavy (non-hydrogen) atoms. The van der Waals surface area contributed by atoms with Crippen LogP contribution in [0.15, 0.2) is 42.7 Å². The van der Waals surface area contributed by atoms with E-state index < -0.39 is 29.5 Å². The molecule has 1 aliphatic heterocycles. The molecule has 2 aromatic rings. The van der Waals surface area contributed by atoms with Gasteiger partial charge in [0, 0.05) is 25.2 Å². The number of carbonyl (C=O) groups excluding carboxylic acids is 1. The number of hydrogen-bond acceptors (Lipinski definition) is 5. The Morgan fingerprint density at radius 3 is 2.50 bits per heavy atom. The number of aromatic nitrogens is 1. The summed E-state index contributed by atoms with van der Waals surface area (Å²) in [5, 5.41) is 12.6. The van der Waals surface area contributed by atoms with Gasteiger partial charge in [-0.1, -0.05) is 18.4 Å². The van der Waals surface area contributed by atoms with Crippen molar-refractivity contribution in [3.05, 3.63) is 48.3 Å². The zero-order valence-electron chi connectivity index (χ0n) is 19.7. The van der Waals surface area contributed by atoms with Gasteiger partial charge in [-0.15, -0.1) is 6.42 Å². The van der Waals surface area contributed by atoms with Gasteiger partial charge in [-0.25, -0.2) is 0 Å². The van der Waals surface area contributed by atoms with E-state index in [4.69, 9.17) is 11.2 Å². The van der Waals surface area contributed by atoms with Gasteiger partial charge in [-0.2, -0.15) is 18.4 Å². The molecule has 0 unspecified atom stereocenters. The molecule has 0 radical (unpaired) electrons. The second-order valence-electron chi connectivity index (χ2n) is 9.16. The van der Waals surface area contributed by atoms with Gasteiger partial charge in [0.2, 0.25) is 5.91 Å². The van der Waals surface area contributed by atoms with Crippen LogP contribution >= 0.6 is 0 Å². The lowest BCUT2D eigenvalue weighted by atomic mass is 9.91. The van der Waals surface area contributed by atoms with Crippen molar-refractivity contribution < 1.29 is 22.7 Å². The smallest absolute Gasteiger partial charge is 0.417 e. The van der Waals surface area contributed by atoms with Crippen molar-refractivity contribution in [2.24, 2.45) is 0 Å². The van der Waals surface area contributed by atoms with Crippen molar-refractivity contribution in [3.63, 3.8) is 0 Å². The number of hydrogen-bond donors (Lipinski definition) is 1. The number of nitrogens with one attached hydrogen (secondary N) is 1. The number of rotatable bonds is 6. The summed E-state index contributed by atoms with van der Waals surface area (Å²) >= 11 is 0. The molecule has 188 valence electrons. The van der Waals surface area contributed by atoms with Crippen LogP contribution in [0.4, 0.5) is 13.2 Å². The monoisotopic (exact) mass is 496 g/mol. The highest BCUT2D eigenvalue weighted by molar-refractivity contribution is 5.80. The number of ether oxygens (including phenoxy) is 1. The fraction of sp³-hybridized carbons (Fsp3) is 0.444. The molecule has 1 aromatic heterocycles. The van der Waals surface area contributed by atoms with E-state index in [0.29, 0.717) is 31.2 Å². The Labute approximate surface area is 208 Å². The van der Waals surface area contributed by atoms with Gasteiger partial charge in [-0.3, -0.25) is 15.1 Å². The molecule has 1 aliphatic carbocycles. The van der Waals surface area contributed by atoms with Crippen molar-refractivity contribution in [3.8, 4) is 35.3 Å². The van der Waals surface area contributed by atoms with Crippen LogP contribution in [0, 0.1) is 23.7 Å². The third-order valence-corrected chi connectivity index (χ3v) is 6.84. The quantitative estimate of drug-likeness (QED) is 0.454. The maximum atomic E-state index is 14.0. The minimum Gasteiger partial charge on any atom is -0.473 e. The van der Waals surface area contributed by atoms with Gasteiger partial charge in [0.1, 0.15) is 11.8 Å². The van der Waals surface area contributed by atoms with Crippen LogP contribution < -0.4 is 10.1 Å². The fourth-order valence-electron chi connectivity index (χ4n) is 5.05. The Hall–Kier alpha value is -3.56. The van der Waals surface area contributed by atoms with E-state index in [0.717, 1.165) is 25.3 Å².